The van der Waals surface area contributed by atoms with Crippen LogP contribution in [0, 0.1) is 5.92 Å². The second-order valence-corrected chi connectivity index (χ2v) is 10.0. The number of carboxylic acid groups (broad SMARTS) is 1. The molecule has 2 saturated heterocycles. The van der Waals surface area contributed by atoms with Crippen LogP contribution in [0.1, 0.15) is 48.0 Å². The van der Waals surface area contributed by atoms with E-state index < -0.39 is 33.8 Å². The van der Waals surface area contributed by atoms with Gasteiger partial charge in [-0.15, -0.1) is 0 Å². The van der Waals surface area contributed by atoms with Crippen molar-refractivity contribution in [2.45, 2.75) is 49.6 Å². The van der Waals surface area contributed by atoms with Gasteiger partial charge in [-0.2, -0.15) is 4.31 Å². The van der Waals surface area contributed by atoms with Gasteiger partial charge in [-0.3, -0.25) is 24.5 Å². The summed E-state index contributed by atoms with van der Waals surface area (Å²) in [7, 11) is -3.89. The lowest BCUT2D eigenvalue weighted by Crippen LogP contribution is -2.52. The molecule has 0 bridgehead atoms. The molecule has 3 aliphatic heterocycles. The summed E-state index contributed by atoms with van der Waals surface area (Å²) in [5, 5.41) is 11.2. The number of fused-ring (bicyclic) bond motifs is 1. The summed E-state index contributed by atoms with van der Waals surface area (Å²) in [6.45, 7) is 0.412. The van der Waals surface area contributed by atoms with Crippen molar-refractivity contribution < 1.29 is 32.7 Å². The molecule has 2 fully saturated rings. The number of imide groups is 1. The molecule has 0 aliphatic carbocycles. The molecule has 1 unspecified atom stereocenters. The molecular formula is C20H23N3O7S. The Hall–Kier alpha value is -2.79. The number of carbonyl (C=O) groups excluding carboxylic acids is 3. The number of nitrogens with zero attached hydrogens (tertiary/aromatic N) is 2. The fourth-order valence-corrected chi connectivity index (χ4v) is 6.24. The van der Waals surface area contributed by atoms with E-state index in [9.17, 15) is 27.6 Å². The van der Waals surface area contributed by atoms with E-state index in [4.69, 9.17) is 5.11 Å². The lowest BCUT2D eigenvalue weighted by Gasteiger charge is -2.31. The number of hydrogen-bond donors (Lipinski definition) is 2. The van der Waals surface area contributed by atoms with E-state index in [2.05, 4.69) is 5.32 Å². The smallest absolute Gasteiger partial charge is 0.303 e. The average Bonchev–Trinajstić information content (AvgIpc) is 3.04. The minimum atomic E-state index is -3.89. The van der Waals surface area contributed by atoms with E-state index in [0.717, 1.165) is 0 Å². The van der Waals surface area contributed by atoms with Gasteiger partial charge in [0.05, 0.1) is 4.90 Å². The van der Waals surface area contributed by atoms with E-state index >= 15 is 0 Å². The molecule has 11 heteroatoms. The van der Waals surface area contributed by atoms with Gasteiger partial charge in [-0.05, 0) is 37.3 Å². The highest BCUT2D eigenvalue weighted by Crippen LogP contribution is 2.34. The predicted octanol–water partition coefficient (Wildman–Crippen LogP) is 0.323. The van der Waals surface area contributed by atoms with Crippen LogP contribution in [-0.4, -0.2) is 65.6 Å². The van der Waals surface area contributed by atoms with Crippen molar-refractivity contribution in [3.05, 3.63) is 29.3 Å². The average molecular weight is 449 g/mol. The molecule has 166 valence electrons. The SMILES string of the molecule is O=C(O)CC1CCN(S(=O)(=O)c2cccc3c2CN(C2CCC(=O)NC2=O)C3=O)CC1. The van der Waals surface area contributed by atoms with Crippen LogP contribution in [0.2, 0.25) is 0 Å². The monoisotopic (exact) mass is 449 g/mol. The second kappa shape index (κ2) is 8.04. The number of hydrogen-bond acceptors (Lipinski definition) is 6. The van der Waals surface area contributed by atoms with Crippen LogP contribution < -0.4 is 5.32 Å². The molecule has 3 heterocycles. The number of nitrogens with one attached hydrogen (secondary N) is 1. The molecule has 10 nitrogen and oxygen atoms in total. The lowest BCUT2D eigenvalue weighted by molar-refractivity contribution is -0.139. The Labute approximate surface area is 179 Å². The number of piperidine rings is 2. The summed E-state index contributed by atoms with van der Waals surface area (Å²) in [5.41, 5.74) is 0.594. The number of carbonyl (C=O) groups is 4. The Balaban J connectivity index is 1.57. The van der Waals surface area contributed by atoms with Gasteiger partial charge >= 0.3 is 5.97 Å². The molecule has 0 spiro atoms. The number of rotatable bonds is 5. The van der Waals surface area contributed by atoms with Crippen LogP contribution in [0.5, 0.6) is 0 Å². The maximum Gasteiger partial charge on any atom is 0.303 e. The molecular weight excluding hydrogens is 426 g/mol. The molecule has 2 N–H and O–H groups in total. The third kappa shape index (κ3) is 3.94. The summed E-state index contributed by atoms with van der Waals surface area (Å²) in [5.74, 6) is -2.33. The summed E-state index contributed by atoms with van der Waals surface area (Å²) < 4.78 is 28.0. The zero-order valence-corrected chi connectivity index (χ0v) is 17.6. The quantitative estimate of drug-likeness (QED) is 0.617. The largest absolute Gasteiger partial charge is 0.481 e. The van der Waals surface area contributed by atoms with Crippen molar-refractivity contribution in [2.75, 3.05) is 13.1 Å². The minimum Gasteiger partial charge on any atom is -0.481 e. The molecule has 0 aromatic heterocycles. The summed E-state index contributed by atoms with van der Waals surface area (Å²) >= 11 is 0. The van der Waals surface area contributed by atoms with Crippen LogP contribution in [0.3, 0.4) is 0 Å². The highest BCUT2D eigenvalue weighted by molar-refractivity contribution is 7.89. The number of benzene rings is 1. The predicted molar refractivity (Wildman–Crippen MR) is 106 cm³/mol. The zero-order chi connectivity index (χ0) is 22.3. The molecule has 0 radical (unpaired) electrons. The van der Waals surface area contributed by atoms with E-state index in [-0.39, 0.29) is 61.2 Å². The Morgan fingerprint density at radius 2 is 1.84 bits per heavy atom. The van der Waals surface area contributed by atoms with Gasteiger partial charge in [0.2, 0.25) is 21.8 Å². The Kier molecular flexibility index (Phi) is 5.56. The van der Waals surface area contributed by atoms with E-state index in [1.54, 1.807) is 6.07 Å². The van der Waals surface area contributed by atoms with Gasteiger partial charge < -0.3 is 10.0 Å². The first-order chi connectivity index (χ1) is 14.7. The molecule has 4 rings (SSSR count). The highest BCUT2D eigenvalue weighted by atomic mass is 32.2. The maximum atomic E-state index is 13.3. The van der Waals surface area contributed by atoms with Gasteiger partial charge in [0.1, 0.15) is 6.04 Å². The van der Waals surface area contributed by atoms with Crippen molar-refractivity contribution in [3.63, 3.8) is 0 Å². The van der Waals surface area contributed by atoms with E-state index in [1.807, 2.05) is 0 Å². The van der Waals surface area contributed by atoms with E-state index in [0.29, 0.717) is 18.4 Å². The standard InChI is InChI=1S/C20H23N3O7S/c24-17-5-4-15(19(27)21-17)23-11-14-13(20(23)28)2-1-3-16(14)31(29,30)22-8-6-12(7-9-22)10-18(25)26/h1-3,12,15H,4-11H2,(H,25,26)(H,21,24,27). The minimum absolute atomic E-state index is 0.0179. The third-order valence-corrected chi connectivity index (χ3v) is 8.18. The topological polar surface area (TPSA) is 141 Å². The molecule has 3 aliphatic rings. The lowest BCUT2D eigenvalue weighted by atomic mass is 9.95. The zero-order valence-electron chi connectivity index (χ0n) is 16.7. The molecule has 0 saturated carbocycles. The summed E-state index contributed by atoms with van der Waals surface area (Å²) in [6.07, 6.45) is 1.25. The van der Waals surface area contributed by atoms with Gasteiger partial charge in [0.25, 0.3) is 5.91 Å². The van der Waals surface area contributed by atoms with E-state index in [1.165, 1.54) is 21.3 Å². The van der Waals surface area contributed by atoms with Crippen molar-refractivity contribution in [1.29, 1.82) is 0 Å². The fraction of sp³-hybridized carbons (Fsp3) is 0.500. The van der Waals surface area contributed by atoms with Gasteiger partial charge in [0.15, 0.2) is 0 Å². The Morgan fingerprint density at radius 3 is 2.48 bits per heavy atom. The molecule has 1 aromatic rings. The normalized spacial score (nSPS) is 23.0. The number of carboxylic acids is 1. The molecule has 31 heavy (non-hydrogen) atoms. The number of sulfonamides is 1. The third-order valence-electron chi connectivity index (χ3n) is 6.19. The van der Waals surface area contributed by atoms with Crippen LogP contribution in [0.4, 0.5) is 0 Å². The molecule has 3 amide bonds. The summed E-state index contributed by atoms with van der Waals surface area (Å²) in [4.78, 5) is 48.8. The molecule has 1 aromatic carbocycles. The van der Waals surface area contributed by atoms with Crippen molar-refractivity contribution in [2.24, 2.45) is 5.92 Å². The first-order valence-electron chi connectivity index (χ1n) is 10.2. The Morgan fingerprint density at radius 1 is 1.13 bits per heavy atom. The second-order valence-electron chi connectivity index (χ2n) is 8.13. The van der Waals surface area contributed by atoms with Crippen LogP contribution >= 0.6 is 0 Å². The van der Waals surface area contributed by atoms with Crippen molar-refractivity contribution in [1.82, 2.24) is 14.5 Å². The van der Waals surface area contributed by atoms with Crippen LogP contribution in [0.25, 0.3) is 0 Å². The summed E-state index contributed by atoms with van der Waals surface area (Å²) in [6, 6.07) is 3.69. The first kappa shape index (κ1) is 21.4. The van der Waals surface area contributed by atoms with Gasteiger partial charge in [0, 0.05) is 43.6 Å². The van der Waals surface area contributed by atoms with Crippen molar-refractivity contribution >= 4 is 33.7 Å². The maximum absolute atomic E-state index is 13.3. The first-order valence-corrected chi connectivity index (χ1v) is 11.6. The number of amides is 3. The fourth-order valence-electron chi connectivity index (χ4n) is 4.54. The number of aliphatic carboxylic acids is 1. The Bertz CT molecular complexity index is 1060. The molecule has 1 atom stereocenters. The highest BCUT2D eigenvalue weighted by Gasteiger charge is 2.42. The van der Waals surface area contributed by atoms with Crippen molar-refractivity contribution in [3.8, 4) is 0 Å². The van der Waals surface area contributed by atoms with Crippen LogP contribution in [0.15, 0.2) is 23.1 Å². The van der Waals surface area contributed by atoms with Gasteiger partial charge in [-0.25, -0.2) is 8.42 Å². The van der Waals surface area contributed by atoms with Crippen LogP contribution in [-0.2, 0) is 31.0 Å². The van der Waals surface area contributed by atoms with Gasteiger partial charge in [-0.1, -0.05) is 6.07 Å².